The fraction of sp³-hybridized carbons (Fsp3) is 0.154. The van der Waals surface area contributed by atoms with Gasteiger partial charge in [0.2, 0.25) is 5.95 Å². The van der Waals surface area contributed by atoms with Crippen LogP contribution in [0, 0.1) is 0 Å². The molecule has 102 valence electrons. The Morgan fingerprint density at radius 3 is 2.90 bits per heavy atom. The number of hydrogen-bond acceptors (Lipinski definition) is 6. The number of H-pyrrole nitrogens is 1. The van der Waals surface area contributed by atoms with E-state index >= 15 is 0 Å². The number of imidazole rings is 1. The number of nitrogen functional groups attached to an aromatic ring is 1. The van der Waals surface area contributed by atoms with Gasteiger partial charge in [-0.3, -0.25) is 0 Å². The average molecular weight is 287 g/mol. The number of thioether (sulfide) groups is 1. The molecule has 3 rings (SSSR count). The van der Waals surface area contributed by atoms with Crippen LogP contribution in [0.2, 0.25) is 0 Å². The summed E-state index contributed by atoms with van der Waals surface area (Å²) in [6.07, 6.45) is 3.64. The summed E-state index contributed by atoms with van der Waals surface area (Å²) in [7, 11) is 1.64. The maximum atomic E-state index is 5.56. The topological polar surface area (TPSA) is 89.7 Å². The molecule has 0 aliphatic heterocycles. The molecule has 20 heavy (non-hydrogen) atoms. The molecule has 0 spiro atoms. The first-order valence-corrected chi connectivity index (χ1v) is 7.14. The summed E-state index contributed by atoms with van der Waals surface area (Å²) in [6, 6.07) is 5.97. The second kappa shape index (κ2) is 5.01. The van der Waals surface area contributed by atoms with E-state index in [2.05, 4.69) is 19.9 Å². The molecule has 2 aromatic heterocycles. The predicted octanol–water partition coefficient (Wildman–Crippen LogP) is 2.33. The zero-order valence-electron chi connectivity index (χ0n) is 11.0. The molecule has 0 aliphatic rings. The van der Waals surface area contributed by atoms with Gasteiger partial charge in [0.15, 0.2) is 5.65 Å². The van der Waals surface area contributed by atoms with E-state index in [1.54, 1.807) is 25.1 Å². The Morgan fingerprint density at radius 2 is 2.15 bits per heavy atom. The highest BCUT2D eigenvalue weighted by Crippen LogP contribution is 2.32. The van der Waals surface area contributed by atoms with Gasteiger partial charge < -0.3 is 15.5 Å². The van der Waals surface area contributed by atoms with Gasteiger partial charge in [0, 0.05) is 4.90 Å². The highest BCUT2D eigenvalue weighted by molar-refractivity contribution is 7.98. The van der Waals surface area contributed by atoms with Gasteiger partial charge in [0.1, 0.15) is 17.1 Å². The maximum Gasteiger partial charge on any atom is 0.222 e. The smallest absolute Gasteiger partial charge is 0.222 e. The van der Waals surface area contributed by atoms with Crippen molar-refractivity contribution in [2.24, 2.45) is 0 Å². The van der Waals surface area contributed by atoms with Crippen molar-refractivity contribution in [3.05, 3.63) is 24.4 Å². The monoisotopic (exact) mass is 287 g/mol. The number of nitrogens with one attached hydrogen (secondary N) is 1. The number of rotatable bonds is 3. The minimum atomic E-state index is 0.209. The summed E-state index contributed by atoms with van der Waals surface area (Å²) in [6.45, 7) is 0. The van der Waals surface area contributed by atoms with E-state index < -0.39 is 0 Å². The Bertz CT molecular complexity index is 771. The minimum absolute atomic E-state index is 0.209. The second-order valence-electron chi connectivity index (χ2n) is 4.12. The number of aromatic nitrogens is 4. The van der Waals surface area contributed by atoms with E-state index in [0.29, 0.717) is 11.5 Å². The van der Waals surface area contributed by atoms with Crippen LogP contribution in [0.5, 0.6) is 5.75 Å². The third-order valence-electron chi connectivity index (χ3n) is 2.92. The van der Waals surface area contributed by atoms with Crippen LogP contribution in [0.4, 0.5) is 5.95 Å². The first-order chi connectivity index (χ1) is 9.71. The SMILES string of the molecule is COc1cc(SC)ccc1-c1nc2nc(N)ncc2[nH]1. The molecule has 0 amide bonds. The van der Waals surface area contributed by atoms with Crippen molar-refractivity contribution in [1.29, 1.82) is 0 Å². The molecule has 0 fully saturated rings. The molecule has 0 saturated heterocycles. The predicted molar refractivity (Wildman–Crippen MR) is 79.9 cm³/mol. The fourth-order valence-corrected chi connectivity index (χ4v) is 2.37. The standard InChI is InChI=1S/C13H13N5OS/c1-19-10-5-7(20-2)3-4-8(10)11-16-9-6-15-13(14)18-12(9)17-11/h3-6H,1-2H3,(H3,14,15,16,17,18). The normalized spacial score (nSPS) is 10.9. The lowest BCUT2D eigenvalue weighted by Crippen LogP contribution is -1.93. The van der Waals surface area contributed by atoms with Crippen molar-refractivity contribution in [2.45, 2.75) is 4.90 Å². The Hall–Kier alpha value is -2.28. The van der Waals surface area contributed by atoms with Crippen LogP contribution in [0.15, 0.2) is 29.3 Å². The summed E-state index contributed by atoms with van der Waals surface area (Å²) in [5, 5.41) is 0. The molecule has 3 N–H and O–H groups in total. The van der Waals surface area contributed by atoms with Crippen molar-refractivity contribution in [3.63, 3.8) is 0 Å². The molecule has 0 radical (unpaired) electrons. The van der Waals surface area contributed by atoms with Gasteiger partial charge in [-0.1, -0.05) is 0 Å². The van der Waals surface area contributed by atoms with Gasteiger partial charge in [-0.15, -0.1) is 11.8 Å². The van der Waals surface area contributed by atoms with E-state index in [1.807, 2.05) is 24.5 Å². The molecule has 7 heteroatoms. The summed E-state index contributed by atoms with van der Waals surface area (Å²) in [5.74, 6) is 1.65. The number of anilines is 1. The number of hydrogen-bond donors (Lipinski definition) is 2. The molecule has 0 bridgehead atoms. The zero-order chi connectivity index (χ0) is 14.1. The van der Waals surface area contributed by atoms with Gasteiger partial charge in [-0.2, -0.15) is 4.98 Å². The zero-order valence-corrected chi connectivity index (χ0v) is 11.9. The number of benzene rings is 1. The van der Waals surface area contributed by atoms with Crippen LogP contribution in [-0.2, 0) is 0 Å². The van der Waals surface area contributed by atoms with E-state index in [0.717, 1.165) is 21.7 Å². The summed E-state index contributed by atoms with van der Waals surface area (Å²) < 4.78 is 5.43. The molecular formula is C13H13N5OS. The van der Waals surface area contributed by atoms with Crippen molar-refractivity contribution < 1.29 is 4.74 Å². The number of fused-ring (bicyclic) bond motifs is 1. The Balaban J connectivity index is 2.14. The average Bonchev–Trinajstić information content (AvgIpc) is 2.89. The molecule has 2 heterocycles. The van der Waals surface area contributed by atoms with Gasteiger partial charge in [-0.05, 0) is 24.5 Å². The second-order valence-corrected chi connectivity index (χ2v) is 5.00. The van der Waals surface area contributed by atoms with Crippen LogP contribution < -0.4 is 10.5 Å². The van der Waals surface area contributed by atoms with Crippen molar-refractivity contribution in [1.82, 2.24) is 19.9 Å². The molecular weight excluding hydrogens is 274 g/mol. The van der Waals surface area contributed by atoms with Crippen LogP contribution in [-0.4, -0.2) is 33.3 Å². The first kappa shape index (κ1) is 12.7. The minimum Gasteiger partial charge on any atom is -0.496 e. The van der Waals surface area contributed by atoms with Crippen molar-refractivity contribution in [2.75, 3.05) is 19.1 Å². The lowest BCUT2D eigenvalue weighted by atomic mass is 10.2. The molecule has 6 nitrogen and oxygen atoms in total. The lowest BCUT2D eigenvalue weighted by molar-refractivity contribution is 0.415. The Labute approximate surface area is 119 Å². The molecule has 3 aromatic rings. The van der Waals surface area contributed by atoms with Gasteiger partial charge >= 0.3 is 0 Å². The summed E-state index contributed by atoms with van der Waals surface area (Å²) >= 11 is 1.66. The number of nitrogens with two attached hydrogens (primary N) is 1. The van der Waals surface area contributed by atoms with Gasteiger partial charge in [-0.25, -0.2) is 9.97 Å². The highest BCUT2D eigenvalue weighted by Gasteiger charge is 2.12. The molecule has 0 aliphatic carbocycles. The van der Waals surface area contributed by atoms with Crippen LogP contribution >= 0.6 is 11.8 Å². The Morgan fingerprint density at radius 1 is 1.30 bits per heavy atom. The summed E-state index contributed by atoms with van der Waals surface area (Å²) in [4.78, 5) is 16.8. The number of methoxy groups -OCH3 is 1. The first-order valence-electron chi connectivity index (χ1n) is 5.92. The molecule has 1 aromatic carbocycles. The largest absolute Gasteiger partial charge is 0.496 e. The number of ether oxygens (including phenoxy) is 1. The van der Waals surface area contributed by atoms with E-state index in [4.69, 9.17) is 10.5 Å². The van der Waals surface area contributed by atoms with Crippen LogP contribution in [0.25, 0.3) is 22.6 Å². The number of aromatic amines is 1. The third kappa shape index (κ3) is 2.16. The fourth-order valence-electron chi connectivity index (χ4n) is 1.94. The number of nitrogens with zero attached hydrogens (tertiary/aromatic N) is 3. The van der Waals surface area contributed by atoms with Gasteiger partial charge in [0.05, 0.1) is 18.9 Å². The van der Waals surface area contributed by atoms with Crippen LogP contribution in [0.1, 0.15) is 0 Å². The highest BCUT2D eigenvalue weighted by atomic mass is 32.2. The lowest BCUT2D eigenvalue weighted by Gasteiger charge is -2.07. The maximum absolute atomic E-state index is 5.56. The quantitative estimate of drug-likeness (QED) is 0.719. The molecule has 0 atom stereocenters. The van der Waals surface area contributed by atoms with Crippen molar-refractivity contribution in [3.8, 4) is 17.1 Å². The van der Waals surface area contributed by atoms with Crippen LogP contribution in [0.3, 0.4) is 0 Å². The summed E-state index contributed by atoms with van der Waals surface area (Å²) in [5.41, 5.74) is 7.72. The van der Waals surface area contributed by atoms with Gasteiger partial charge in [0.25, 0.3) is 0 Å². The van der Waals surface area contributed by atoms with E-state index in [9.17, 15) is 0 Å². The molecule has 0 saturated carbocycles. The Kier molecular flexibility index (Phi) is 3.19. The third-order valence-corrected chi connectivity index (χ3v) is 3.65. The van der Waals surface area contributed by atoms with E-state index in [1.165, 1.54) is 0 Å². The van der Waals surface area contributed by atoms with E-state index in [-0.39, 0.29) is 5.95 Å². The van der Waals surface area contributed by atoms with Crippen molar-refractivity contribution >= 4 is 28.9 Å². The molecule has 0 unspecified atom stereocenters.